The highest BCUT2D eigenvalue weighted by molar-refractivity contribution is 9.11. The van der Waals surface area contributed by atoms with Crippen molar-refractivity contribution in [2.75, 3.05) is 5.32 Å². The zero-order valence-corrected chi connectivity index (χ0v) is 15.2. The van der Waals surface area contributed by atoms with Crippen molar-refractivity contribution < 1.29 is 8.42 Å². The van der Waals surface area contributed by atoms with Gasteiger partial charge in [0.15, 0.2) is 0 Å². The Morgan fingerprint density at radius 2 is 1.81 bits per heavy atom. The molecule has 2 aromatic carbocycles. The molecule has 112 valence electrons. The minimum atomic E-state index is -3.69. The highest BCUT2D eigenvalue weighted by Crippen LogP contribution is 2.27. The molecule has 2 rings (SSSR count). The number of nitrogens with one attached hydrogen (secondary N) is 1. The predicted molar refractivity (Wildman–Crippen MR) is 91.7 cm³/mol. The molecular formula is C14H14Br2N2O2S. The summed E-state index contributed by atoms with van der Waals surface area (Å²) in [6.45, 7) is 2.65. The zero-order chi connectivity index (χ0) is 15.6. The lowest BCUT2D eigenvalue weighted by Crippen LogP contribution is -2.12. The minimum absolute atomic E-state index is 0.0800. The second kappa shape index (κ2) is 6.48. The number of nitrogens with two attached hydrogens (primary N) is 1. The summed E-state index contributed by atoms with van der Waals surface area (Å²) in [6.07, 6.45) is 0. The first-order chi connectivity index (χ1) is 9.77. The first kappa shape index (κ1) is 16.5. The first-order valence-corrected chi connectivity index (χ1v) is 9.22. The van der Waals surface area contributed by atoms with E-state index in [0.29, 0.717) is 11.0 Å². The molecule has 3 N–H and O–H groups in total. The maximum absolute atomic E-state index is 11.3. The van der Waals surface area contributed by atoms with Crippen LogP contribution in [0.15, 0.2) is 50.2 Å². The largest absolute Gasteiger partial charge is 0.380 e. The highest BCUT2D eigenvalue weighted by Gasteiger charge is 2.10. The monoisotopic (exact) mass is 432 g/mol. The van der Waals surface area contributed by atoms with Gasteiger partial charge >= 0.3 is 0 Å². The van der Waals surface area contributed by atoms with E-state index in [-0.39, 0.29) is 4.90 Å². The Hall–Kier alpha value is -0.890. The number of halogens is 2. The van der Waals surface area contributed by atoms with Crippen molar-refractivity contribution in [3.05, 3.63) is 56.5 Å². The number of rotatable bonds is 4. The van der Waals surface area contributed by atoms with Crippen LogP contribution in [0.2, 0.25) is 0 Å². The summed E-state index contributed by atoms with van der Waals surface area (Å²) in [5, 5.41) is 8.36. The summed E-state index contributed by atoms with van der Waals surface area (Å²) < 4.78 is 24.3. The van der Waals surface area contributed by atoms with Gasteiger partial charge in [-0.15, -0.1) is 0 Å². The lowest BCUT2D eigenvalue weighted by molar-refractivity contribution is 0.598. The highest BCUT2D eigenvalue weighted by atomic mass is 79.9. The van der Waals surface area contributed by atoms with Crippen molar-refractivity contribution in [1.82, 2.24) is 0 Å². The Bertz CT molecular complexity index is 777. The van der Waals surface area contributed by atoms with E-state index in [1.165, 1.54) is 17.7 Å². The normalized spacial score (nSPS) is 11.4. The van der Waals surface area contributed by atoms with Gasteiger partial charge in [-0.2, -0.15) is 0 Å². The predicted octanol–water partition coefficient (Wildman–Crippen LogP) is 3.78. The Morgan fingerprint density at radius 1 is 1.10 bits per heavy atom. The molecule has 0 heterocycles. The fourth-order valence-electron chi connectivity index (χ4n) is 1.80. The first-order valence-electron chi connectivity index (χ1n) is 6.08. The molecule has 0 aliphatic heterocycles. The Kier molecular flexibility index (Phi) is 5.08. The van der Waals surface area contributed by atoms with Crippen LogP contribution in [0.5, 0.6) is 0 Å². The number of sulfonamides is 1. The Balaban J connectivity index is 2.17. The fourth-order valence-corrected chi connectivity index (χ4v) is 3.65. The molecule has 4 nitrogen and oxygen atoms in total. The molecule has 2 aromatic rings. The smallest absolute Gasteiger partial charge is 0.238 e. The average molecular weight is 434 g/mol. The van der Waals surface area contributed by atoms with E-state index in [1.807, 2.05) is 19.1 Å². The lowest BCUT2D eigenvalue weighted by Gasteiger charge is -2.11. The van der Waals surface area contributed by atoms with Crippen molar-refractivity contribution >= 4 is 47.6 Å². The molecule has 0 aromatic heterocycles. The van der Waals surface area contributed by atoms with Crippen LogP contribution in [0.1, 0.15) is 11.1 Å². The maximum atomic E-state index is 11.3. The molecule has 0 radical (unpaired) electrons. The number of aryl methyl sites for hydroxylation is 1. The maximum Gasteiger partial charge on any atom is 0.238 e. The second-order valence-corrected chi connectivity index (χ2v) is 7.91. The molecular weight excluding hydrogens is 420 g/mol. The molecule has 7 heteroatoms. The number of hydrogen-bond donors (Lipinski definition) is 2. The summed E-state index contributed by atoms with van der Waals surface area (Å²) in [7, 11) is -3.69. The summed E-state index contributed by atoms with van der Waals surface area (Å²) in [5.41, 5.74) is 3.10. The van der Waals surface area contributed by atoms with Gasteiger partial charge in [0.2, 0.25) is 10.0 Å². The third kappa shape index (κ3) is 4.29. The van der Waals surface area contributed by atoms with Gasteiger partial charge in [-0.1, -0.05) is 28.1 Å². The van der Waals surface area contributed by atoms with Gasteiger partial charge < -0.3 is 5.32 Å². The Labute approximate surface area is 141 Å². The van der Waals surface area contributed by atoms with Crippen LogP contribution in [0, 0.1) is 6.92 Å². The van der Waals surface area contributed by atoms with Crippen molar-refractivity contribution in [3.63, 3.8) is 0 Å². The topological polar surface area (TPSA) is 72.2 Å². The van der Waals surface area contributed by atoms with Crippen molar-refractivity contribution in [2.24, 2.45) is 5.14 Å². The van der Waals surface area contributed by atoms with Gasteiger partial charge in [-0.3, -0.25) is 0 Å². The third-order valence-electron chi connectivity index (χ3n) is 2.95. The van der Waals surface area contributed by atoms with Gasteiger partial charge in [0.1, 0.15) is 0 Å². The van der Waals surface area contributed by atoms with Crippen molar-refractivity contribution in [1.29, 1.82) is 0 Å². The van der Waals surface area contributed by atoms with Crippen LogP contribution in [-0.2, 0) is 16.6 Å². The van der Waals surface area contributed by atoms with E-state index in [0.717, 1.165) is 15.7 Å². The number of benzene rings is 2. The van der Waals surface area contributed by atoms with E-state index in [2.05, 4.69) is 43.2 Å². The summed E-state index contributed by atoms with van der Waals surface area (Å²) >= 11 is 6.88. The van der Waals surface area contributed by atoms with Gasteiger partial charge in [-0.05, 0) is 58.2 Å². The van der Waals surface area contributed by atoms with E-state index < -0.39 is 10.0 Å². The van der Waals surface area contributed by atoms with Gasteiger partial charge in [-0.25, -0.2) is 13.6 Å². The third-order valence-corrected chi connectivity index (χ3v) is 5.25. The van der Waals surface area contributed by atoms with Crippen LogP contribution < -0.4 is 10.5 Å². The molecule has 0 fully saturated rings. The lowest BCUT2D eigenvalue weighted by atomic mass is 10.1. The van der Waals surface area contributed by atoms with Gasteiger partial charge in [0, 0.05) is 21.2 Å². The van der Waals surface area contributed by atoms with E-state index in [4.69, 9.17) is 5.14 Å². The van der Waals surface area contributed by atoms with Crippen LogP contribution in [0.25, 0.3) is 0 Å². The minimum Gasteiger partial charge on any atom is -0.380 e. The zero-order valence-electron chi connectivity index (χ0n) is 11.2. The molecule has 21 heavy (non-hydrogen) atoms. The van der Waals surface area contributed by atoms with Crippen LogP contribution in [-0.4, -0.2) is 8.42 Å². The van der Waals surface area contributed by atoms with Crippen molar-refractivity contribution in [2.45, 2.75) is 18.4 Å². The van der Waals surface area contributed by atoms with E-state index in [1.54, 1.807) is 6.07 Å². The molecule has 0 saturated carbocycles. The van der Waals surface area contributed by atoms with E-state index >= 15 is 0 Å². The Morgan fingerprint density at radius 3 is 2.38 bits per heavy atom. The summed E-state index contributed by atoms with van der Waals surface area (Å²) in [5.74, 6) is 0. The SMILES string of the molecule is Cc1ccc(CNc2ccc(S(N)(=O)=O)cc2Br)c(Br)c1. The number of primary sulfonamides is 1. The quantitative estimate of drug-likeness (QED) is 0.770. The molecule has 0 bridgehead atoms. The fraction of sp³-hybridized carbons (Fsp3) is 0.143. The average Bonchev–Trinajstić information content (AvgIpc) is 2.38. The van der Waals surface area contributed by atoms with Crippen LogP contribution >= 0.6 is 31.9 Å². The second-order valence-electron chi connectivity index (χ2n) is 4.64. The van der Waals surface area contributed by atoms with Crippen molar-refractivity contribution in [3.8, 4) is 0 Å². The molecule has 0 saturated heterocycles. The molecule has 0 atom stereocenters. The summed E-state index contributed by atoms with van der Waals surface area (Å²) in [4.78, 5) is 0.0800. The molecule has 0 aliphatic rings. The number of hydrogen-bond acceptors (Lipinski definition) is 3. The van der Waals surface area contributed by atoms with Gasteiger partial charge in [0.25, 0.3) is 0 Å². The van der Waals surface area contributed by atoms with Gasteiger partial charge in [0.05, 0.1) is 4.90 Å². The van der Waals surface area contributed by atoms with Crippen LogP contribution in [0.3, 0.4) is 0 Å². The van der Waals surface area contributed by atoms with E-state index in [9.17, 15) is 8.42 Å². The molecule has 0 amide bonds. The van der Waals surface area contributed by atoms with Crippen LogP contribution in [0.4, 0.5) is 5.69 Å². The summed E-state index contributed by atoms with van der Waals surface area (Å²) in [6, 6.07) is 10.8. The standard InChI is InChI=1S/C14H14Br2N2O2S/c1-9-2-3-10(12(15)6-9)8-18-14-5-4-11(7-13(14)16)21(17,19)20/h2-7,18H,8H2,1H3,(H2,17,19,20). The number of anilines is 1. The molecule has 0 aliphatic carbocycles. The molecule has 0 spiro atoms. The molecule has 0 unspecified atom stereocenters.